The zero-order valence-corrected chi connectivity index (χ0v) is 16.5. The maximum Gasteiger partial charge on any atom is 0.224 e. The lowest BCUT2D eigenvalue weighted by Crippen LogP contribution is -2.29. The Balaban J connectivity index is 2.13. The molecule has 0 atom stereocenters. The van der Waals surface area contributed by atoms with Gasteiger partial charge < -0.3 is 9.14 Å². The molecule has 0 fully saturated rings. The summed E-state index contributed by atoms with van der Waals surface area (Å²) in [6.07, 6.45) is 2.16. The second-order valence-corrected chi connectivity index (χ2v) is 7.83. The quantitative estimate of drug-likeness (QED) is 0.215. The molecule has 0 spiro atoms. The van der Waals surface area contributed by atoms with E-state index in [1.807, 2.05) is 0 Å². The van der Waals surface area contributed by atoms with Crippen LogP contribution in [0.4, 0.5) is 0 Å². The Bertz CT molecular complexity index is 1570. The highest BCUT2D eigenvalue weighted by Gasteiger charge is 2.24. The van der Waals surface area contributed by atoms with Crippen molar-refractivity contribution in [2.45, 2.75) is 13.8 Å². The lowest BCUT2D eigenvalue weighted by atomic mass is 9.96. The van der Waals surface area contributed by atoms with Crippen LogP contribution in [0.5, 0.6) is 5.75 Å². The number of methoxy groups -OCH3 is 1. The summed E-state index contributed by atoms with van der Waals surface area (Å²) in [7, 11) is 3.89. The monoisotopic (exact) mass is 365 g/mol. The SMILES string of the molecule is COc1cc2cc[n+](C)c3c4c(C)c(C)cc5c6ccccc6n(c(c1)c23)c54. The van der Waals surface area contributed by atoms with Crippen molar-refractivity contribution in [3.8, 4) is 5.75 Å². The maximum atomic E-state index is 5.65. The van der Waals surface area contributed by atoms with Gasteiger partial charge in [-0.3, -0.25) is 0 Å². The molecule has 0 radical (unpaired) electrons. The van der Waals surface area contributed by atoms with E-state index in [0.29, 0.717) is 0 Å². The number of ether oxygens (including phenoxy) is 1. The molecule has 0 unspecified atom stereocenters. The Hall–Kier alpha value is -3.33. The predicted molar refractivity (Wildman–Crippen MR) is 116 cm³/mol. The van der Waals surface area contributed by atoms with Gasteiger partial charge in [-0.1, -0.05) is 18.2 Å². The van der Waals surface area contributed by atoms with Crippen LogP contribution >= 0.6 is 0 Å². The third kappa shape index (κ3) is 1.72. The summed E-state index contributed by atoms with van der Waals surface area (Å²) < 4.78 is 10.4. The summed E-state index contributed by atoms with van der Waals surface area (Å²) in [5, 5.41) is 6.46. The molecular weight excluding hydrogens is 344 g/mol. The molecule has 136 valence electrons. The summed E-state index contributed by atoms with van der Waals surface area (Å²) in [4.78, 5) is 0. The van der Waals surface area contributed by atoms with Crippen molar-refractivity contribution in [2.75, 3.05) is 7.11 Å². The van der Waals surface area contributed by atoms with Gasteiger partial charge in [0.15, 0.2) is 6.20 Å². The number of pyridine rings is 2. The number of fused-ring (bicyclic) bond motifs is 5. The smallest absolute Gasteiger partial charge is 0.224 e. The van der Waals surface area contributed by atoms with Gasteiger partial charge in [0.2, 0.25) is 5.52 Å². The molecule has 3 nitrogen and oxygen atoms in total. The van der Waals surface area contributed by atoms with Crippen molar-refractivity contribution in [2.24, 2.45) is 7.05 Å². The zero-order valence-electron chi connectivity index (χ0n) is 16.5. The number of benzene rings is 3. The highest BCUT2D eigenvalue weighted by molar-refractivity contribution is 6.26. The van der Waals surface area contributed by atoms with Gasteiger partial charge in [0.05, 0.1) is 34.4 Å². The molecule has 0 aliphatic heterocycles. The minimum atomic E-state index is 0.889. The number of hydrogen-bond donors (Lipinski definition) is 0. The van der Waals surface area contributed by atoms with E-state index in [4.69, 9.17) is 4.74 Å². The van der Waals surface area contributed by atoms with E-state index in [0.717, 1.165) is 5.75 Å². The van der Waals surface area contributed by atoms with E-state index in [1.54, 1.807) is 7.11 Å². The number of aryl methyl sites for hydroxylation is 3. The fourth-order valence-electron chi connectivity index (χ4n) is 4.95. The van der Waals surface area contributed by atoms with Gasteiger partial charge in [0, 0.05) is 28.3 Å². The third-order valence-electron chi connectivity index (χ3n) is 6.38. The standard InChI is InChI=1S/C25H21N2O/c1-14-11-19-18-7-5-6-8-20(18)27-21-13-17(28-4)12-16-9-10-26(3)25(23(16)21)22(15(14)2)24(19)27/h5-13H,1-4H3/q+1. The highest BCUT2D eigenvalue weighted by atomic mass is 16.5. The summed E-state index contributed by atoms with van der Waals surface area (Å²) in [6.45, 7) is 4.47. The fourth-order valence-corrected chi connectivity index (χ4v) is 4.95. The van der Waals surface area contributed by atoms with Crippen molar-refractivity contribution in [3.63, 3.8) is 0 Å². The first kappa shape index (κ1) is 15.7. The van der Waals surface area contributed by atoms with E-state index in [1.165, 1.54) is 60.1 Å². The van der Waals surface area contributed by atoms with E-state index < -0.39 is 0 Å². The third-order valence-corrected chi connectivity index (χ3v) is 6.38. The van der Waals surface area contributed by atoms with Crippen LogP contribution < -0.4 is 9.30 Å². The molecule has 0 bridgehead atoms. The molecule has 0 amide bonds. The molecule has 0 N–H and O–H groups in total. The predicted octanol–water partition coefficient (Wildman–Crippen LogP) is 5.44. The van der Waals surface area contributed by atoms with E-state index >= 15 is 0 Å². The molecule has 6 rings (SSSR count). The van der Waals surface area contributed by atoms with Crippen LogP contribution in [0, 0.1) is 13.8 Å². The van der Waals surface area contributed by atoms with E-state index in [9.17, 15) is 0 Å². The van der Waals surface area contributed by atoms with Crippen molar-refractivity contribution < 1.29 is 9.30 Å². The Labute approximate surface area is 162 Å². The van der Waals surface area contributed by atoms with E-state index in [-0.39, 0.29) is 0 Å². The first-order chi connectivity index (χ1) is 13.6. The van der Waals surface area contributed by atoms with Crippen LogP contribution in [0.25, 0.3) is 49.0 Å². The minimum Gasteiger partial charge on any atom is -0.497 e. The topological polar surface area (TPSA) is 17.5 Å². The average Bonchev–Trinajstić information content (AvgIpc) is 3.04. The molecule has 3 heteroatoms. The van der Waals surface area contributed by atoms with Crippen LogP contribution in [0.1, 0.15) is 11.1 Å². The number of rotatable bonds is 1. The second-order valence-electron chi connectivity index (χ2n) is 7.83. The summed E-state index contributed by atoms with van der Waals surface area (Å²) in [6, 6.07) is 17.6. The molecule has 0 saturated carbocycles. The average molecular weight is 365 g/mol. The molecule has 3 aromatic heterocycles. The van der Waals surface area contributed by atoms with Crippen molar-refractivity contribution in [3.05, 3.63) is 65.9 Å². The van der Waals surface area contributed by atoms with Crippen LogP contribution in [0.2, 0.25) is 0 Å². The number of aromatic nitrogens is 2. The normalized spacial score (nSPS) is 12.3. The maximum absolute atomic E-state index is 5.65. The lowest BCUT2D eigenvalue weighted by Gasteiger charge is -2.15. The van der Waals surface area contributed by atoms with Crippen molar-refractivity contribution in [1.82, 2.24) is 4.40 Å². The van der Waals surface area contributed by atoms with Crippen molar-refractivity contribution in [1.29, 1.82) is 0 Å². The lowest BCUT2D eigenvalue weighted by molar-refractivity contribution is -0.643. The van der Waals surface area contributed by atoms with E-state index in [2.05, 4.69) is 84.6 Å². The first-order valence-electron chi connectivity index (χ1n) is 9.64. The van der Waals surface area contributed by atoms with Crippen LogP contribution in [-0.4, -0.2) is 11.5 Å². The van der Waals surface area contributed by atoms with Crippen LogP contribution in [0.3, 0.4) is 0 Å². The van der Waals surface area contributed by atoms with Gasteiger partial charge in [0.1, 0.15) is 12.8 Å². The van der Waals surface area contributed by atoms with Crippen molar-refractivity contribution >= 4 is 49.0 Å². The summed E-state index contributed by atoms with van der Waals surface area (Å²) in [5.41, 5.74) is 7.71. The number of para-hydroxylation sites is 1. The van der Waals surface area contributed by atoms with Gasteiger partial charge in [-0.2, -0.15) is 0 Å². The number of nitrogens with zero attached hydrogens (tertiary/aromatic N) is 2. The van der Waals surface area contributed by atoms with Crippen LogP contribution in [-0.2, 0) is 7.05 Å². The molecule has 0 aliphatic rings. The molecule has 0 saturated heterocycles. The van der Waals surface area contributed by atoms with Gasteiger partial charge in [0.25, 0.3) is 0 Å². The zero-order chi connectivity index (χ0) is 19.2. The van der Waals surface area contributed by atoms with Crippen LogP contribution in [0.15, 0.2) is 54.7 Å². The van der Waals surface area contributed by atoms with Gasteiger partial charge in [-0.05, 0) is 43.2 Å². The molecule has 3 aromatic carbocycles. The molecular formula is C25H21N2O+. The second kappa shape index (κ2) is 5.14. The first-order valence-corrected chi connectivity index (χ1v) is 9.64. The number of hydrogen-bond acceptors (Lipinski definition) is 1. The Morgan fingerprint density at radius 2 is 1.71 bits per heavy atom. The largest absolute Gasteiger partial charge is 0.497 e. The van der Waals surface area contributed by atoms with Gasteiger partial charge >= 0.3 is 0 Å². The molecule has 3 heterocycles. The molecule has 6 aromatic rings. The fraction of sp³-hybridized carbons (Fsp3) is 0.160. The summed E-state index contributed by atoms with van der Waals surface area (Å²) in [5.74, 6) is 0.889. The summed E-state index contributed by atoms with van der Waals surface area (Å²) >= 11 is 0. The Morgan fingerprint density at radius 3 is 2.54 bits per heavy atom. The van der Waals surface area contributed by atoms with Gasteiger partial charge in [-0.25, -0.2) is 4.57 Å². The van der Waals surface area contributed by atoms with Gasteiger partial charge in [-0.15, -0.1) is 0 Å². The molecule has 0 aliphatic carbocycles. The molecule has 28 heavy (non-hydrogen) atoms. The minimum absolute atomic E-state index is 0.889. The highest BCUT2D eigenvalue weighted by Crippen LogP contribution is 2.42. The Morgan fingerprint density at radius 1 is 0.893 bits per heavy atom. The Kier molecular flexibility index (Phi) is 2.88.